The maximum atomic E-state index is 11.9. The van der Waals surface area contributed by atoms with Crippen LogP contribution in [0, 0.1) is 11.8 Å². The molecular formula is C14H28N2O2. The van der Waals surface area contributed by atoms with E-state index >= 15 is 0 Å². The number of hydrogen-bond donors (Lipinski definition) is 2. The summed E-state index contributed by atoms with van der Waals surface area (Å²) in [6.07, 6.45) is 6.39. The fraction of sp³-hybridized carbons (Fsp3) is 0.929. The van der Waals surface area contributed by atoms with Crippen molar-refractivity contribution in [2.75, 3.05) is 33.4 Å². The van der Waals surface area contributed by atoms with E-state index in [1.807, 2.05) is 6.92 Å². The Morgan fingerprint density at radius 3 is 2.67 bits per heavy atom. The van der Waals surface area contributed by atoms with Crippen LogP contribution in [-0.4, -0.2) is 39.3 Å². The molecule has 18 heavy (non-hydrogen) atoms. The van der Waals surface area contributed by atoms with E-state index in [1.54, 1.807) is 7.11 Å². The second-order valence-corrected chi connectivity index (χ2v) is 5.32. The minimum atomic E-state index is 0.159. The predicted octanol–water partition coefficient (Wildman–Crippen LogP) is 1.55. The molecule has 106 valence electrons. The van der Waals surface area contributed by atoms with Crippen molar-refractivity contribution < 1.29 is 9.53 Å². The van der Waals surface area contributed by atoms with E-state index in [4.69, 9.17) is 4.74 Å². The molecule has 0 saturated heterocycles. The van der Waals surface area contributed by atoms with Crippen LogP contribution in [0.5, 0.6) is 0 Å². The smallest absolute Gasteiger partial charge is 0.222 e. The van der Waals surface area contributed by atoms with Gasteiger partial charge in [0.1, 0.15) is 0 Å². The van der Waals surface area contributed by atoms with Gasteiger partial charge in [-0.25, -0.2) is 0 Å². The Labute approximate surface area is 111 Å². The Bertz CT molecular complexity index is 228. The minimum Gasteiger partial charge on any atom is -0.383 e. The number of ether oxygens (including phenoxy) is 1. The van der Waals surface area contributed by atoms with Crippen molar-refractivity contribution in [3.63, 3.8) is 0 Å². The quantitative estimate of drug-likeness (QED) is 0.616. The van der Waals surface area contributed by atoms with Gasteiger partial charge in [0, 0.05) is 32.7 Å². The molecule has 0 bridgehead atoms. The van der Waals surface area contributed by atoms with Crippen LogP contribution in [-0.2, 0) is 9.53 Å². The zero-order valence-electron chi connectivity index (χ0n) is 11.8. The van der Waals surface area contributed by atoms with Gasteiger partial charge in [0.15, 0.2) is 0 Å². The van der Waals surface area contributed by atoms with Gasteiger partial charge in [-0.3, -0.25) is 4.79 Å². The second-order valence-electron chi connectivity index (χ2n) is 5.32. The number of carbonyl (C=O) groups is 1. The van der Waals surface area contributed by atoms with E-state index in [9.17, 15) is 4.79 Å². The van der Waals surface area contributed by atoms with E-state index in [-0.39, 0.29) is 11.8 Å². The van der Waals surface area contributed by atoms with Crippen LogP contribution in [0.1, 0.15) is 39.0 Å². The lowest BCUT2D eigenvalue weighted by molar-refractivity contribution is -0.124. The van der Waals surface area contributed by atoms with Crippen LogP contribution in [0.3, 0.4) is 0 Å². The largest absolute Gasteiger partial charge is 0.383 e. The monoisotopic (exact) mass is 256 g/mol. The molecule has 1 rings (SSSR count). The SMILES string of the molecule is COCCNCCNC(=O)C(C)CC1CCCC1. The van der Waals surface area contributed by atoms with Crippen LogP contribution in [0.15, 0.2) is 0 Å². The molecule has 1 fully saturated rings. The summed E-state index contributed by atoms with van der Waals surface area (Å²) in [5.41, 5.74) is 0. The summed E-state index contributed by atoms with van der Waals surface area (Å²) in [6, 6.07) is 0. The lowest BCUT2D eigenvalue weighted by Crippen LogP contribution is -2.36. The molecule has 4 nitrogen and oxygen atoms in total. The molecular weight excluding hydrogens is 228 g/mol. The fourth-order valence-electron chi connectivity index (χ4n) is 2.60. The van der Waals surface area contributed by atoms with Crippen LogP contribution in [0.2, 0.25) is 0 Å². The molecule has 4 heteroatoms. The van der Waals surface area contributed by atoms with E-state index < -0.39 is 0 Å². The number of amides is 1. The highest BCUT2D eigenvalue weighted by molar-refractivity contribution is 5.78. The Morgan fingerprint density at radius 1 is 1.28 bits per heavy atom. The van der Waals surface area contributed by atoms with Gasteiger partial charge >= 0.3 is 0 Å². The zero-order chi connectivity index (χ0) is 13.2. The average molecular weight is 256 g/mol. The van der Waals surface area contributed by atoms with Crippen molar-refractivity contribution in [1.29, 1.82) is 0 Å². The highest BCUT2D eigenvalue weighted by Gasteiger charge is 2.21. The molecule has 1 saturated carbocycles. The molecule has 0 aliphatic heterocycles. The summed E-state index contributed by atoms with van der Waals surface area (Å²) in [5.74, 6) is 1.15. The first-order valence-electron chi connectivity index (χ1n) is 7.21. The maximum absolute atomic E-state index is 11.9. The molecule has 1 unspecified atom stereocenters. The third kappa shape index (κ3) is 6.36. The highest BCUT2D eigenvalue weighted by Crippen LogP contribution is 2.30. The standard InChI is InChI=1S/C14H28N2O2/c1-12(11-13-5-3-4-6-13)14(17)16-8-7-15-9-10-18-2/h12-13,15H,3-11H2,1-2H3,(H,16,17). The first-order valence-corrected chi connectivity index (χ1v) is 7.21. The lowest BCUT2D eigenvalue weighted by Gasteiger charge is -2.16. The van der Waals surface area contributed by atoms with Gasteiger partial charge in [-0.2, -0.15) is 0 Å². The van der Waals surface area contributed by atoms with Crippen LogP contribution in [0.4, 0.5) is 0 Å². The van der Waals surface area contributed by atoms with Crippen LogP contribution >= 0.6 is 0 Å². The lowest BCUT2D eigenvalue weighted by atomic mass is 9.94. The normalized spacial score (nSPS) is 17.9. The molecule has 1 atom stereocenters. The summed E-state index contributed by atoms with van der Waals surface area (Å²) in [6.45, 7) is 5.12. The first-order chi connectivity index (χ1) is 8.74. The van der Waals surface area contributed by atoms with Crippen molar-refractivity contribution in [3.8, 4) is 0 Å². The number of rotatable bonds is 9. The second kappa shape index (κ2) is 9.34. The average Bonchev–Trinajstić information content (AvgIpc) is 2.86. The van der Waals surface area contributed by atoms with Gasteiger partial charge in [0.25, 0.3) is 0 Å². The van der Waals surface area contributed by atoms with E-state index in [0.717, 1.165) is 25.4 Å². The summed E-state index contributed by atoms with van der Waals surface area (Å²) >= 11 is 0. The van der Waals surface area contributed by atoms with Gasteiger partial charge in [-0.1, -0.05) is 32.6 Å². The Kier molecular flexibility index (Phi) is 8.01. The van der Waals surface area contributed by atoms with Gasteiger partial charge < -0.3 is 15.4 Å². The fourth-order valence-corrected chi connectivity index (χ4v) is 2.60. The molecule has 0 radical (unpaired) electrons. The van der Waals surface area contributed by atoms with Gasteiger partial charge in [0.05, 0.1) is 6.61 Å². The molecule has 1 amide bonds. The summed E-state index contributed by atoms with van der Waals surface area (Å²) in [4.78, 5) is 11.9. The maximum Gasteiger partial charge on any atom is 0.222 e. The summed E-state index contributed by atoms with van der Waals surface area (Å²) in [7, 11) is 1.69. The highest BCUT2D eigenvalue weighted by atomic mass is 16.5. The predicted molar refractivity (Wildman–Crippen MR) is 73.5 cm³/mol. The number of methoxy groups -OCH3 is 1. The molecule has 0 spiro atoms. The van der Waals surface area contributed by atoms with Gasteiger partial charge in [0.2, 0.25) is 5.91 Å². The molecule has 1 aliphatic rings. The number of carbonyl (C=O) groups excluding carboxylic acids is 1. The van der Waals surface area contributed by atoms with E-state index in [2.05, 4.69) is 10.6 Å². The summed E-state index contributed by atoms with van der Waals surface area (Å²) < 4.78 is 4.93. The Hall–Kier alpha value is -0.610. The number of nitrogens with one attached hydrogen (secondary N) is 2. The topological polar surface area (TPSA) is 50.4 Å². The molecule has 0 heterocycles. The van der Waals surface area contributed by atoms with Crippen molar-refractivity contribution in [1.82, 2.24) is 10.6 Å². The molecule has 0 aromatic heterocycles. The van der Waals surface area contributed by atoms with Crippen molar-refractivity contribution >= 4 is 5.91 Å². The first kappa shape index (κ1) is 15.4. The number of hydrogen-bond acceptors (Lipinski definition) is 3. The van der Waals surface area contributed by atoms with E-state index in [0.29, 0.717) is 13.2 Å². The Morgan fingerprint density at radius 2 is 2.00 bits per heavy atom. The minimum absolute atomic E-state index is 0.159. The molecule has 0 aromatic rings. The summed E-state index contributed by atoms with van der Waals surface area (Å²) in [5, 5.41) is 6.21. The van der Waals surface area contributed by atoms with Crippen LogP contribution in [0.25, 0.3) is 0 Å². The molecule has 0 aromatic carbocycles. The molecule has 2 N–H and O–H groups in total. The van der Waals surface area contributed by atoms with Crippen molar-refractivity contribution in [2.45, 2.75) is 39.0 Å². The van der Waals surface area contributed by atoms with Crippen molar-refractivity contribution in [3.05, 3.63) is 0 Å². The van der Waals surface area contributed by atoms with Crippen molar-refractivity contribution in [2.24, 2.45) is 11.8 Å². The third-order valence-electron chi connectivity index (χ3n) is 3.69. The van der Waals surface area contributed by atoms with E-state index in [1.165, 1.54) is 25.7 Å². The third-order valence-corrected chi connectivity index (χ3v) is 3.69. The van der Waals surface area contributed by atoms with Gasteiger partial charge in [-0.15, -0.1) is 0 Å². The Balaban J connectivity index is 2.00. The molecule has 1 aliphatic carbocycles. The van der Waals surface area contributed by atoms with Gasteiger partial charge in [-0.05, 0) is 12.3 Å². The zero-order valence-corrected chi connectivity index (χ0v) is 11.8. The van der Waals surface area contributed by atoms with Crippen LogP contribution < -0.4 is 10.6 Å².